The van der Waals surface area contributed by atoms with Gasteiger partial charge in [0.25, 0.3) is 0 Å². The first kappa shape index (κ1) is 15.8. The van der Waals surface area contributed by atoms with Crippen molar-refractivity contribution in [3.8, 4) is 0 Å². The molecule has 0 amide bonds. The normalized spacial score (nSPS) is 30.0. The average molecular weight is 299 g/mol. The Labute approximate surface area is 122 Å². The van der Waals surface area contributed by atoms with Crippen LogP contribution in [0.4, 0.5) is 0 Å². The van der Waals surface area contributed by atoms with E-state index < -0.39 is 31.1 Å². The zero-order valence-corrected chi connectivity index (χ0v) is 11.8. The van der Waals surface area contributed by atoms with E-state index in [1.807, 2.05) is 0 Å². The number of ether oxygens (including phenoxy) is 1. The zero-order chi connectivity index (χ0) is 15.4. The number of hydrogen-bond acceptors (Lipinski definition) is 7. The predicted molar refractivity (Wildman–Crippen MR) is 73.5 cm³/mol. The van der Waals surface area contributed by atoms with Crippen LogP contribution >= 0.6 is 0 Å². The third-order valence-electron chi connectivity index (χ3n) is 3.31. The summed E-state index contributed by atoms with van der Waals surface area (Å²) in [5.41, 5.74) is 5.78. The molecule has 1 aliphatic heterocycles. The standard InChI is InChI=1S/C12H21N5O4/c1-2-3-4-14-10(13)11-15-6-17(16-11)12-9(20)8(19)7(5-18)21-12/h6-9,12,18-20H,2-5H2,1H3,(H2,13,14)/t7-,8-,9-,12?/m1/s1. The van der Waals surface area contributed by atoms with E-state index in [0.717, 1.165) is 12.8 Å². The molecule has 0 radical (unpaired) electrons. The molecule has 4 atom stereocenters. The van der Waals surface area contributed by atoms with E-state index in [1.165, 1.54) is 11.0 Å². The Morgan fingerprint density at radius 1 is 1.48 bits per heavy atom. The van der Waals surface area contributed by atoms with E-state index in [-0.39, 0.29) is 11.7 Å². The second kappa shape index (κ2) is 6.94. The van der Waals surface area contributed by atoms with Crippen molar-refractivity contribution in [3.05, 3.63) is 12.2 Å². The Hall–Kier alpha value is -1.55. The number of rotatable bonds is 6. The van der Waals surface area contributed by atoms with Gasteiger partial charge in [-0.1, -0.05) is 13.3 Å². The van der Waals surface area contributed by atoms with Gasteiger partial charge in [-0.3, -0.25) is 4.99 Å². The fourth-order valence-corrected chi connectivity index (χ4v) is 2.04. The molecule has 2 rings (SSSR count). The van der Waals surface area contributed by atoms with E-state index in [2.05, 4.69) is 22.0 Å². The number of aromatic nitrogens is 3. The summed E-state index contributed by atoms with van der Waals surface area (Å²) in [7, 11) is 0. The molecule has 9 heteroatoms. The summed E-state index contributed by atoms with van der Waals surface area (Å²) in [4.78, 5) is 8.16. The number of unbranched alkanes of at least 4 members (excludes halogenated alkanes) is 1. The summed E-state index contributed by atoms with van der Waals surface area (Å²) >= 11 is 0. The van der Waals surface area contributed by atoms with Crippen molar-refractivity contribution in [3.63, 3.8) is 0 Å². The largest absolute Gasteiger partial charge is 0.394 e. The van der Waals surface area contributed by atoms with Crippen LogP contribution < -0.4 is 5.73 Å². The molecule has 1 aliphatic rings. The minimum atomic E-state index is -1.20. The maximum atomic E-state index is 9.90. The van der Waals surface area contributed by atoms with Gasteiger partial charge in [-0.25, -0.2) is 9.67 Å². The third kappa shape index (κ3) is 3.38. The Bertz CT molecular complexity index is 492. The minimum absolute atomic E-state index is 0.217. The molecule has 0 spiro atoms. The van der Waals surface area contributed by atoms with E-state index in [9.17, 15) is 10.2 Å². The Morgan fingerprint density at radius 3 is 2.86 bits per heavy atom. The van der Waals surface area contributed by atoms with Crippen LogP contribution in [0.5, 0.6) is 0 Å². The molecule has 2 heterocycles. The number of nitrogens with two attached hydrogens (primary N) is 1. The molecule has 1 saturated heterocycles. The van der Waals surface area contributed by atoms with Crippen molar-refractivity contribution in [2.75, 3.05) is 13.2 Å². The van der Waals surface area contributed by atoms with Gasteiger partial charge in [0, 0.05) is 6.54 Å². The van der Waals surface area contributed by atoms with Crippen molar-refractivity contribution in [1.29, 1.82) is 0 Å². The Kier molecular flexibility index (Phi) is 5.23. The molecular formula is C12H21N5O4. The highest BCUT2D eigenvalue weighted by molar-refractivity contribution is 5.93. The van der Waals surface area contributed by atoms with Gasteiger partial charge in [-0.2, -0.15) is 0 Å². The van der Waals surface area contributed by atoms with Crippen LogP contribution in [0.2, 0.25) is 0 Å². The van der Waals surface area contributed by atoms with Crippen molar-refractivity contribution in [1.82, 2.24) is 14.8 Å². The van der Waals surface area contributed by atoms with Gasteiger partial charge in [0.15, 0.2) is 12.1 Å². The third-order valence-corrected chi connectivity index (χ3v) is 3.31. The molecule has 5 N–H and O–H groups in total. The van der Waals surface area contributed by atoms with E-state index in [0.29, 0.717) is 6.54 Å². The molecule has 21 heavy (non-hydrogen) atoms. The molecular weight excluding hydrogens is 278 g/mol. The van der Waals surface area contributed by atoms with Crippen LogP contribution in [-0.4, -0.2) is 67.4 Å². The number of aliphatic imine (C=N–C) groups is 1. The highest BCUT2D eigenvalue weighted by Gasteiger charge is 2.43. The van der Waals surface area contributed by atoms with Crippen LogP contribution in [0.25, 0.3) is 0 Å². The van der Waals surface area contributed by atoms with E-state index in [4.69, 9.17) is 15.6 Å². The molecule has 1 aromatic heterocycles. The van der Waals surface area contributed by atoms with Gasteiger partial charge in [-0.05, 0) is 6.42 Å². The SMILES string of the molecule is CCCCN=C(N)c1ncn(C2O[C@H](CO)[C@@H](O)[C@H]2O)n1. The molecule has 0 bridgehead atoms. The second-order valence-corrected chi connectivity index (χ2v) is 4.90. The maximum absolute atomic E-state index is 9.90. The lowest BCUT2D eigenvalue weighted by molar-refractivity contribution is -0.0588. The quantitative estimate of drug-likeness (QED) is 0.282. The lowest BCUT2D eigenvalue weighted by Crippen LogP contribution is -2.33. The van der Waals surface area contributed by atoms with E-state index in [1.54, 1.807) is 0 Å². The van der Waals surface area contributed by atoms with Gasteiger partial charge in [-0.15, -0.1) is 5.10 Å². The molecule has 1 unspecified atom stereocenters. The van der Waals surface area contributed by atoms with Crippen molar-refractivity contribution < 1.29 is 20.1 Å². The summed E-state index contributed by atoms with van der Waals surface area (Å²) < 4.78 is 6.61. The number of nitrogens with zero attached hydrogens (tertiary/aromatic N) is 4. The smallest absolute Gasteiger partial charge is 0.216 e. The number of aliphatic hydroxyl groups is 3. The number of amidine groups is 1. The van der Waals surface area contributed by atoms with Crippen molar-refractivity contribution in [2.24, 2.45) is 10.7 Å². The van der Waals surface area contributed by atoms with E-state index >= 15 is 0 Å². The minimum Gasteiger partial charge on any atom is -0.394 e. The summed E-state index contributed by atoms with van der Waals surface area (Å²) in [6.45, 7) is 2.27. The van der Waals surface area contributed by atoms with Crippen LogP contribution in [0.15, 0.2) is 11.3 Å². The Balaban J connectivity index is 2.08. The first-order chi connectivity index (χ1) is 10.1. The number of hydrogen-bond donors (Lipinski definition) is 4. The molecule has 1 aromatic rings. The molecule has 0 aliphatic carbocycles. The zero-order valence-electron chi connectivity index (χ0n) is 11.8. The number of aliphatic hydroxyl groups excluding tert-OH is 3. The predicted octanol–water partition coefficient (Wildman–Crippen LogP) is -1.60. The monoisotopic (exact) mass is 299 g/mol. The van der Waals surface area contributed by atoms with Crippen LogP contribution in [0.3, 0.4) is 0 Å². The van der Waals surface area contributed by atoms with Gasteiger partial charge in [0.1, 0.15) is 24.6 Å². The summed E-state index contributed by atoms with van der Waals surface area (Å²) in [5, 5.41) is 32.7. The first-order valence-electron chi connectivity index (χ1n) is 6.92. The molecule has 0 saturated carbocycles. The summed E-state index contributed by atoms with van der Waals surface area (Å²) in [6.07, 6.45) is -0.858. The summed E-state index contributed by atoms with van der Waals surface area (Å²) in [6, 6.07) is 0. The first-order valence-corrected chi connectivity index (χ1v) is 6.92. The van der Waals surface area contributed by atoms with Gasteiger partial charge in [0.2, 0.25) is 5.82 Å². The van der Waals surface area contributed by atoms with Crippen LogP contribution in [0.1, 0.15) is 31.8 Å². The fraction of sp³-hybridized carbons (Fsp3) is 0.750. The van der Waals surface area contributed by atoms with Crippen LogP contribution in [-0.2, 0) is 4.74 Å². The van der Waals surface area contributed by atoms with Gasteiger partial charge >= 0.3 is 0 Å². The highest BCUT2D eigenvalue weighted by Crippen LogP contribution is 2.28. The molecule has 1 fully saturated rings. The lowest BCUT2D eigenvalue weighted by atomic mass is 10.1. The lowest BCUT2D eigenvalue weighted by Gasteiger charge is -2.13. The van der Waals surface area contributed by atoms with Crippen molar-refractivity contribution in [2.45, 2.75) is 44.3 Å². The maximum Gasteiger partial charge on any atom is 0.216 e. The molecule has 9 nitrogen and oxygen atoms in total. The second-order valence-electron chi connectivity index (χ2n) is 4.90. The van der Waals surface area contributed by atoms with Gasteiger partial charge in [0.05, 0.1) is 6.61 Å². The summed E-state index contributed by atoms with van der Waals surface area (Å²) in [5.74, 6) is 0.456. The van der Waals surface area contributed by atoms with Crippen molar-refractivity contribution >= 4 is 5.84 Å². The van der Waals surface area contributed by atoms with Gasteiger partial charge < -0.3 is 25.8 Å². The molecule has 118 valence electrons. The van der Waals surface area contributed by atoms with Crippen LogP contribution in [0, 0.1) is 0 Å². The topological polar surface area (TPSA) is 139 Å². The fourth-order valence-electron chi connectivity index (χ4n) is 2.04. The average Bonchev–Trinajstić information content (AvgIpc) is 3.06. The molecule has 0 aromatic carbocycles. The Morgan fingerprint density at radius 2 is 2.24 bits per heavy atom. The highest BCUT2D eigenvalue weighted by atomic mass is 16.6.